The Kier molecular flexibility index (Phi) is 9.02. The van der Waals surface area contributed by atoms with Crippen LogP contribution < -0.4 is 5.43 Å². The minimum atomic E-state index is -0.282. The van der Waals surface area contributed by atoms with Crippen molar-refractivity contribution in [2.75, 3.05) is 5.75 Å². The van der Waals surface area contributed by atoms with Gasteiger partial charge in [0.1, 0.15) is 5.75 Å². The number of nitrogens with zero attached hydrogens (tertiary/aromatic N) is 3. The Hall–Kier alpha value is -1.11. The molecular formula is C18H13Br2ClN4O2S3. The van der Waals surface area contributed by atoms with Crippen LogP contribution in [0.5, 0.6) is 5.75 Å². The fraction of sp³-hybridized carbons (Fsp3) is 0.111. The fourth-order valence-corrected chi connectivity index (χ4v) is 6.21. The lowest BCUT2D eigenvalue weighted by molar-refractivity contribution is -0.118. The first-order valence-corrected chi connectivity index (χ1v) is 13.0. The SMILES string of the molecule is O=C(CSc1nnc(SCc2ccc(Cl)cc2)s1)N/N=C/c1cc(Br)cc(Br)c1O. The number of aromatic hydroxyl groups is 1. The van der Waals surface area contributed by atoms with E-state index < -0.39 is 0 Å². The normalized spacial score (nSPS) is 11.2. The lowest BCUT2D eigenvalue weighted by Crippen LogP contribution is -2.19. The number of hydrogen-bond acceptors (Lipinski definition) is 8. The molecule has 12 heteroatoms. The molecule has 0 unspecified atom stereocenters. The van der Waals surface area contributed by atoms with E-state index in [-0.39, 0.29) is 17.4 Å². The van der Waals surface area contributed by atoms with Crippen LogP contribution in [0.25, 0.3) is 0 Å². The van der Waals surface area contributed by atoms with E-state index in [9.17, 15) is 9.90 Å². The van der Waals surface area contributed by atoms with E-state index in [1.807, 2.05) is 24.3 Å². The van der Waals surface area contributed by atoms with Crippen LogP contribution in [0.3, 0.4) is 0 Å². The van der Waals surface area contributed by atoms with Gasteiger partial charge in [0.25, 0.3) is 5.91 Å². The summed E-state index contributed by atoms with van der Waals surface area (Å²) >= 11 is 16.8. The number of hydrazone groups is 1. The number of thioether (sulfide) groups is 2. The largest absolute Gasteiger partial charge is 0.506 e. The molecule has 3 rings (SSSR count). The van der Waals surface area contributed by atoms with Crippen LogP contribution in [0.15, 0.2) is 59.1 Å². The van der Waals surface area contributed by atoms with Crippen molar-refractivity contribution in [1.82, 2.24) is 15.6 Å². The summed E-state index contributed by atoms with van der Waals surface area (Å²) in [6.45, 7) is 0. The van der Waals surface area contributed by atoms with E-state index in [0.717, 1.165) is 20.1 Å². The molecule has 6 nitrogen and oxygen atoms in total. The van der Waals surface area contributed by atoms with E-state index in [1.54, 1.807) is 23.9 Å². The van der Waals surface area contributed by atoms with E-state index in [1.165, 1.54) is 29.3 Å². The van der Waals surface area contributed by atoms with Crippen LogP contribution in [0.4, 0.5) is 0 Å². The van der Waals surface area contributed by atoms with Crippen LogP contribution in [-0.4, -0.2) is 33.2 Å². The van der Waals surface area contributed by atoms with Crippen LogP contribution in [0, 0.1) is 0 Å². The number of aromatic nitrogens is 2. The Labute approximate surface area is 207 Å². The average molecular weight is 609 g/mol. The molecule has 3 aromatic rings. The van der Waals surface area contributed by atoms with Gasteiger partial charge in [-0.1, -0.05) is 74.5 Å². The predicted molar refractivity (Wildman–Crippen MR) is 131 cm³/mol. The molecule has 0 aliphatic carbocycles. The van der Waals surface area contributed by atoms with Gasteiger partial charge in [0, 0.05) is 20.8 Å². The van der Waals surface area contributed by atoms with Crippen molar-refractivity contribution in [1.29, 1.82) is 0 Å². The minimum Gasteiger partial charge on any atom is -0.506 e. The van der Waals surface area contributed by atoms with Crippen LogP contribution in [0.1, 0.15) is 11.1 Å². The van der Waals surface area contributed by atoms with Crippen LogP contribution in [-0.2, 0) is 10.5 Å². The molecule has 0 saturated carbocycles. The minimum absolute atomic E-state index is 0.0445. The molecule has 0 atom stereocenters. The van der Waals surface area contributed by atoms with Gasteiger partial charge in [-0.3, -0.25) is 4.79 Å². The van der Waals surface area contributed by atoms with Crippen LogP contribution in [0.2, 0.25) is 5.02 Å². The van der Waals surface area contributed by atoms with E-state index >= 15 is 0 Å². The van der Waals surface area contributed by atoms with E-state index in [2.05, 4.69) is 52.6 Å². The molecule has 30 heavy (non-hydrogen) atoms. The summed E-state index contributed by atoms with van der Waals surface area (Å²) in [5, 5.41) is 22.8. The van der Waals surface area contributed by atoms with E-state index in [0.29, 0.717) is 19.4 Å². The summed E-state index contributed by atoms with van der Waals surface area (Å²) < 4.78 is 2.85. The molecule has 2 aromatic carbocycles. The number of nitrogens with one attached hydrogen (secondary N) is 1. The number of carbonyl (C=O) groups excluding carboxylic acids is 1. The van der Waals surface area contributed by atoms with Crippen molar-refractivity contribution in [3.8, 4) is 5.75 Å². The number of carbonyl (C=O) groups is 1. The standard InChI is InChI=1S/C18H13Br2ClN4O2S3/c19-12-5-11(16(27)14(20)6-12)7-22-23-15(26)9-29-18-25-24-17(30-18)28-8-10-1-3-13(21)4-2-10/h1-7,27H,8-9H2,(H,23,26)/b22-7+. The number of benzene rings is 2. The molecule has 0 aliphatic rings. The Morgan fingerprint density at radius 2 is 1.90 bits per heavy atom. The molecule has 1 heterocycles. The highest BCUT2D eigenvalue weighted by molar-refractivity contribution is 9.11. The zero-order valence-electron chi connectivity index (χ0n) is 15.0. The molecule has 0 fully saturated rings. The van der Waals surface area contributed by atoms with Gasteiger partial charge in [0.15, 0.2) is 8.68 Å². The number of phenolic OH excluding ortho intramolecular Hbond substituents is 1. The van der Waals surface area contributed by atoms with Crippen molar-refractivity contribution < 1.29 is 9.90 Å². The molecular weight excluding hydrogens is 596 g/mol. The predicted octanol–water partition coefficient (Wildman–Crippen LogP) is 5.96. The van der Waals surface area contributed by atoms with Gasteiger partial charge in [0.2, 0.25) is 0 Å². The lowest BCUT2D eigenvalue weighted by Gasteiger charge is -2.03. The van der Waals surface area contributed by atoms with Crippen molar-refractivity contribution in [3.63, 3.8) is 0 Å². The summed E-state index contributed by atoms with van der Waals surface area (Å²) in [5.41, 5.74) is 4.05. The molecule has 1 aromatic heterocycles. The Bertz CT molecular complexity index is 1060. The maximum absolute atomic E-state index is 12.0. The second-order valence-electron chi connectivity index (χ2n) is 5.66. The lowest BCUT2D eigenvalue weighted by atomic mass is 10.2. The maximum Gasteiger partial charge on any atom is 0.250 e. The zero-order valence-corrected chi connectivity index (χ0v) is 21.4. The number of hydrogen-bond donors (Lipinski definition) is 2. The second kappa shape index (κ2) is 11.5. The summed E-state index contributed by atoms with van der Waals surface area (Å²) in [6, 6.07) is 11.1. The van der Waals surface area contributed by atoms with Crippen molar-refractivity contribution in [2.24, 2.45) is 5.10 Å². The van der Waals surface area contributed by atoms with Gasteiger partial charge in [-0.25, -0.2) is 5.43 Å². The first kappa shape index (κ1) is 23.6. The van der Waals surface area contributed by atoms with Gasteiger partial charge >= 0.3 is 0 Å². The quantitative estimate of drug-likeness (QED) is 0.187. The van der Waals surface area contributed by atoms with Crippen molar-refractivity contribution in [3.05, 3.63) is 61.5 Å². The number of rotatable bonds is 8. The van der Waals surface area contributed by atoms with Crippen LogP contribution >= 0.6 is 78.3 Å². The third-order valence-electron chi connectivity index (χ3n) is 3.44. The maximum atomic E-state index is 12.0. The third kappa shape index (κ3) is 7.24. The van der Waals surface area contributed by atoms with Gasteiger partial charge < -0.3 is 5.11 Å². The van der Waals surface area contributed by atoms with Gasteiger partial charge in [0.05, 0.1) is 16.4 Å². The summed E-state index contributed by atoms with van der Waals surface area (Å²) in [4.78, 5) is 12.0. The molecule has 1 amide bonds. The van der Waals surface area contributed by atoms with E-state index in [4.69, 9.17) is 11.6 Å². The van der Waals surface area contributed by atoms with Crippen molar-refractivity contribution in [2.45, 2.75) is 14.4 Å². The topological polar surface area (TPSA) is 87.5 Å². The summed E-state index contributed by atoms with van der Waals surface area (Å²) in [5.74, 6) is 0.685. The number of halogens is 3. The smallest absolute Gasteiger partial charge is 0.250 e. The molecule has 156 valence electrons. The molecule has 0 spiro atoms. The molecule has 0 radical (unpaired) electrons. The fourth-order valence-electron chi connectivity index (χ4n) is 2.06. The third-order valence-corrected chi connectivity index (χ3v) is 8.02. The highest BCUT2D eigenvalue weighted by atomic mass is 79.9. The van der Waals surface area contributed by atoms with Crippen molar-refractivity contribution >= 4 is 90.4 Å². The van der Waals surface area contributed by atoms with Gasteiger partial charge in [-0.05, 0) is 45.8 Å². The number of phenols is 1. The highest BCUT2D eigenvalue weighted by Gasteiger charge is 2.09. The average Bonchev–Trinajstić information content (AvgIpc) is 3.17. The molecule has 0 aliphatic heterocycles. The molecule has 0 bridgehead atoms. The Morgan fingerprint density at radius 3 is 2.63 bits per heavy atom. The molecule has 2 N–H and O–H groups in total. The highest BCUT2D eigenvalue weighted by Crippen LogP contribution is 2.31. The van der Waals surface area contributed by atoms with Gasteiger partial charge in [-0.15, -0.1) is 10.2 Å². The monoisotopic (exact) mass is 606 g/mol. The Morgan fingerprint density at radius 1 is 1.20 bits per heavy atom. The first-order chi connectivity index (χ1) is 14.4. The first-order valence-electron chi connectivity index (χ1n) is 8.24. The molecule has 0 saturated heterocycles. The van der Waals surface area contributed by atoms with Gasteiger partial charge in [-0.2, -0.15) is 5.10 Å². The summed E-state index contributed by atoms with van der Waals surface area (Å²) in [6.07, 6.45) is 1.38. The Balaban J connectivity index is 1.44. The zero-order chi connectivity index (χ0) is 21.5. The number of amides is 1. The summed E-state index contributed by atoms with van der Waals surface area (Å²) in [7, 11) is 0. The second-order valence-corrected chi connectivity index (χ2v) is 11.3.